The maximum Gasteiger partial charge on any atom is 0.227 e. The second-order valence-corrected chi connectivity index (χ2v) is 5.64. The number of β-amino-alcohol motifs (C(OH)–C–C–N with tert-alkyl or cyclic N) is 1. The second kappa shape index (κ2) is 6.39. The van der Waals surface area contributed by atoms with E-state index in [0.717, 1.165) is 35.2 Å². The third-order valence-corrected chi connectivity index (χ3v) is 3.94. The van der Waals surface area contributed by atoms with E-state index >= 15 is 0 Å². The van der Waals surface area contributed by atoms with Crippen molar-refractivity contribution in [2.24, 2.45) is 0 Å². The Morgan fingerprint density at radius 1 is 1.58 bits per heavy atom. The number of methoxy groups -OCH3 is 1. The Morgan fingerprint density at radius 2 is 2.37 bits per heavy atom. The Morgan fingerprint density at radius 3 is 3.00 bits per heavy atom. The van der Waals surface area contributed by atoms with Gasteiger partial charge in [-0.15, -0.1) is 0 Å². The Hall–Kier alpha value is -1.07. The normalized spacial score (nSPS) is 19.3. The summed E-state index contributed by atoms with van der Waals surface area (Å²) in [5.74, 6) is 0.820. The molecule has 1 saturated heterocycles. The van der Waals surface area contributed by atoms with Crippen molar-refractivity contribution in [2.75, 3.05) is 20.2 Å². The summed E-state index contributed by atoms with van der Waals surface area (Å²) in [6.07, 6.45) is 1.65. The van der Waals surface area contributed by atoms with Crippen LogP contribution in [-0.4, -0.2) is 42.2 Å². The van der Waals surface area contributed by atoms with Crippen LogP contribution in [0.5, 0.6) is 5.75 Å². The number of hydrogen-bond donors (Lipinski definition) is 1. The molecule has 19 heavy (non-hydrogen) atoms. The van der Waals surface area contributed by atoms with Crippen LogP contribution in [0.25, 0.3) is 0 Å². The molecule has 0 aliphatic carbocycles. The number of carbonyl (C=O) groups is 1. The van der Waals surface area contributed by atoms with E-state index in [1.165, 1.54) is 0 Å². The summed E-state index contributed by atoms with van der Waals surface area (Å²) in [6, 6.07) is 5.64. The zero-order valence-corrected chi connectivity index (χ0v) is 12.5. The van der Waals surface area contributed by atoms with Gasteiger partial charge in [0.25, 0.3) is 0 Å². The fourth-order valence-electron chi connectivity index (χ4n) is 2.29. The predicted octanol–water partition coefficient (Wildman–Crippen LogP) is 1.98. The van der Waals surface area contributed by atoms with E-state index in [2.05, 4.69) is 15.9 Å². The van der Waals surface area contributed by atoms with E-state index in [1.807, 2.05) is 18.2 Å². The molecule has 2 rings (SSSR count). The average Bonchev–Trinajstić information content (AvgIpc) is 2.39. The van der Waals surface area contributed by atoms with E-state index in [4.69, 9.17) is 4.74 Å². The quantitative estimate of drug-likeness (QED) is 0.923. The first kappa shape index (κ1) is 14.3. The van der Waals surface area contributed by atoms with Crippen LogP contribution >= 0.6 is 15.9 Å². The molecule has 4 nitrogen and oxygen atoms in total. The molecule has 0 aromatic heterocycles. The number of benzene rings is 1. The van der Waals surface area contributed by atoms with Crippen molar-refractivity contribution in [3.05, 3.63) is 28.2 Å². The number of hydrogen-bond acceptors (Lipinski definition) is 3. The van der Waals surface area contributed by atoms with Crippen LogP contribution in [0.1, 0.15) is 18.4 Å². The Bertz CT molecular complexity index is 464. The van der Waals surface area contributed by atoms with Gasteiger partial charge in [0.2, 0.25) is 5.91 Å². The summed E-state index contributed by atoms with van der Waals surface area (Å²) < 4.78 is 6.01. The molecule has 1 unspecified atom stereocenters. The molecule has 0 spiro atoms. The van der Waals surface area contributed by atoms with Crippen molar-refractivity contribution >= 4 is 21.8 Å². The lowest BCUT2D eigenvalue weighted by Crippen LogP contribution is -2.42. The van der Waals surface area contributed by atoms with Gasteiger partial charge in [-0.25, -0.2) is 0 Å². The van der Waals surface area contributed by atoms with E-state index in [-0.39, 0.29) is 12.0 Å². The van der Waals surface area contributed by atoms with Gasteiger partial charge in [-0.05, 0) is 46.5 Å². The van der Waals surface area contributed by atoms with Crippen molar-refractivity contribution in [1.29, 1.82) is 0 Å². The molecule has 0 saturated carbocycles. The molecule has 5 heteroatoms. The summed E-state index contributed by atoms with van der Waals surface area (Å²) in [5, 5.41) is 9.59. The number of amides is 1. The number of nitrogens with zero attached hydrogens (tertiary/aromatic N) is 1. The fraction of sp³-hybridized carbons (Fsp3) is 0.500. The first-order valence-electron chi connectivity index (χ1n) is 6.38. The highest BCUT2D eigenvalue weighted by molar-refractivity contribution is 9.10. The minimum Gasteiger partial charge on any atom is -0.496 e. The molecule has 1 amide bonds. The monoisotopic (exact) mass is 327 g/mol. The molecule has 0 bridgehead atoms. The smallest absolute Gasteiger partial charge is 0.227 e. The van der Waals surface area contributed by atoms with Gasteiger partial charge in [0.15, 0.2) is 0 Å². The van der Waals surface area contributed by atoms with Gasteiger partial charge in [0.05, 0.1) is 24.1 Å². The van der Waals surface area contributed by atoms with Gasteiger partial charge in [-0.1, -0.05) is 6.07 Å². The summed E-state index contributed by atoms with van der Waals surface area (Å²) in [5.41, 5.74) is 0.942. The van der Waals surface area contributed by atoms with Crippen LogP contribution in [0.4, 0.5) is 0 Å². The highest BCUT2D eigenvalue weighted by Crippen LogP contribution is 2.26. The van der Waals surface area contributed by atoms with Crippen molar-refractivity contribution in [1.82, 2.24) is 4.90 Å². The molecular weight excluding hydrogens is 310 g/mol. The number of ether oxygens (including phenoxy) is 1. The first-order chi connectivity index (χ1) is 9.10. The summed E-state index contributed by atoms with van der Waals surface area (Å²) in [7, 11) is 1.61. The lowest BCUT2D eigenvalue weighted by Gasteiger charge is -2.30. The third kappa shape index (κ3) is 3.70. The topological polar surface area (TPSA) is 49.8 Å². The van der Waals surface area contributed by atoms with Crippen molar-refractivity contribution < 1.29 is 14.6 Å². The van der Waals surface area contributed by atoms with Gasteiger partial charge in [-0.3, -0.25) is 4.79 Å². The molecule has 1 heterocycles. The van der Waals surface area contributed by atoms with Crippen LogP contribution in [0.15, 0.2) is 22.7 Å². The van der Waals surface area contributed by atoms with Crippen LogP contribution in [0.3, 0.4) is 0 Å². The maximum absolute atomic E-state index is 12.1. The number of rotatable bonds is 3. The molecule has 1 atom stereocenters. The van der Waals surface area contributed by atoms with Crippen LogP contribution in [-0.2, 0) is 11.2 Å². The first-order valence-corrected chi connectivity index (χ1v) is 7.17. The van der Waals surface area contributed by atoms with Crippen molar-refractivity contribution in [3.8, 4) is 5.75 Å². The summed E-state index contributed by atoms with van der Waals surface area (Å²) in [6.45, 7) is 1.20. The molecule has 1 aliphatic rings. The molecule has 1 aromatic carbocycles. The molecule has 0 radical (unpaired) electrons. The van der Waals surface area contributed by atoms with Crippen LogP contribution in [0.2, 0.25) is 0 Å². The number of carbonyl (C=O) groups excluding carboxylic acids is 1. The van der Waals surface area contributed by atoms with Gasteiger partial charge in [0, 0.05) is 13.1 Å². The van der Waals surface area contributed by atoms with Gasteiger partial charge >= 0.3 is 0 Å². The Kier molecular flexibility index (Phi) is 4.82. The fourth-order valence-corrected chi connectivity index (χ4v) is 2.88. The molecule has 104 valence electrons. The molecule has 1 N–H and O–H groups in total. The van der Waals surface area contributed by atoms with E-state index in [9.17, 15) is 9.90 Å². The van der Waals surface area contributed by atoms with Gasteiger partial charge < -0.3 is 14.7 Å². The zero-order chi connectivity index (χ0) is 13.8. The minimum absolute atomic E-state index is 0.0656. The minimum atomic E-state index is -0.375. The maximum atomic E-state index is 12.1. The van der Waals surface area contributed by atoms with Gasteiger partial charge in [0.1, 0.15) is 5.75 Å². The number of aliphatic hydroxyl groups is 1. The third-order valence-electron chi connectivity index (χ3n) is 3.32. The van der Waals surface area contributed by atoms with Gasteiger partial charge in [-0.2, -0.15) is 0 Å². The number of halogens is 1. The molecule has 1 aliphatic heterocycles. The average molecular weight is 328 g/mol. The number of piperidine rings is 1. The van der Waals surface area contributed by atoms with Crippen molar-refractivity contribution in [3.63, 3.8) is 0 Å². The summed E-state index contributed by atoms with van der Waals surface area (Å²) >= 11 is 3.41. The zero-order valence-electron chi connectivity index (χ0n) is 10.9. The van der Waals surface area contributed by atoms with Crippen molar-refractivity contribution in [2.45, 2.75) is 25.4 Å². The molecule has 1 fully saturated rings. The lowest BCUT2D eigenvalue weighted by molar-refractivity contribution is -0.133. The summed E-state index contributed by atoms with van der Waals surface area (Å²) in [4.78, 5) is 13.9. The second-order valence-electron chi connectivity index (χ2n) is 4.78. The van der Waals surface area contributed by atoms with Crippen LogP contribution in [0, 0.1) is 0 Å². The highest BCUT2D eigenvalue weighted by Gasteiger charge is 2.22. The van der Waals surface area contributed by atoms with Crippen LogP contribution < -0.4 is 4.74 Å². The SMILES string of the molecule is COc1ccc(CC(=O)N2CCCC(O)C2)cc1Br. The Balaban J connectivity index is 2.00. The van der Waals surface area contributed by atoms with E-state index in [1.54, 1.807) is 12.0 Å². The lowest BCUT2D eigenvalue weighted by atomic mass is 10.1. The van der Waals surface area contributed by atoms with E-state index in [0.29, 0.717) is 13.0 Å². The molecular formula is C14H18BrNO3. The number of aliphatic hydroxyl groups excluding tert-OH is 1. The molecule has 1 aromatic rings. The number of likely N-dealkylation sites (tertiary alicyclic amines) is 1. The largest absolute Gasteiger partial charge is 0.496 e. The predicted molar refractivity (Wildman–Crippen MR) is 76.2 cm³/mol. The standard InChI is InChI=1S/C14H18BrNO3/c1-19-13-5-4-10(7-12(13)15)8-14(18)16-6-2-3-11(17)9-16/h4-5,7,11,17H,2-3,6,8-9H2,1H3. The highest BCUT2D eigenvalue weighted by atomic mass is 79.9. The van der Waals surface area contributed by atoms with E-state index < -0.39 is 0 Å². The Labute approximate surface area is 121 Å².